The number of amides is 1. The van der Waals surface area contributed by atoms with Crippen molar-refractivity contribution in [3.63, 3.8) is 0 Å². The predicted octanol–water partition coefficient (Wildman–Crippen LogP) is 4.64. The predicted molar refractivity (Wildman–Crippen MR) is 112 cm³/mol. The van der Waals surface area contributed by atoms with Gasteiger partial charge in [-0.3, -0.25) is 4.79 Å². The van der Waals surface area contributed by atoms with Crippen molar-refractivity contribution in [1.29, 1.82) is 5.26 Å². The Kier molecular flexibility index (Phi) is 6.13. The lowest BCUT2D eigenvalue weighted by molar-refractivity contribution is -0.126. The number of Topliss-reactive ketones (excluding diaryl/α,β-unsaturated/α-hetero) is 1. The zero-order valence-electron chi connectivity index (χ0n) is 17.0. The Hall–Kier alpha value is -3.13. The molecule has 2 fully saturated rings. The summed E-state index contributed by atoms with van der Waals surface area (Å²) in [5.41, 5.74) is 2.43. The van der Waals surface area contributed by atoms with Gasteiger partial charge in [0, 0.05) is 24.4 Å². The van der Waals surface area contributed by atoms with Crippen LogP contribution in [-0.2, 0) is 22.6 Å². The number of ketones is 1. The van der Waals surface area contributed by atoms with Crippen LogP contribution in [0.1, 0.15) is 48.8 Å². The van der Waals surface area contributed by atoms with Gasteiger partial charge in [0.1, 0.15) is 12.4 Å². The summed E-state index contributed by atoms with van der Waals surface area (Å²) < 4.78 is 5.59. The lowest BCUT2D eigenvalue weighted by Crippen LogP contribution is -2.55. The van der Waals surface area contributed by atoms with E-state index in [0.29, 0.717) is 24.8 Å². The van der Waals surface area contributed by atoms with E-state index in [2.05, 4.69) is 6.07 Å². The minimum absolute atomic E-state index is 0.0378. The molecule has 2 aromatic carbocycles. The highest BCUT2D eigenvalue weighted by Gasteiger charge is 2.43. The molecule has 2 heterocycles. The fraction of sp³-hybridized carbons (Fsp3) is 0.400. The van der Waals surface area contributed by atoms with E-state index in [-0.39, 0.29) is 36.5 Å². The maximum atomic E-state index is 13.0. The summed E-state index contributed by atoms with van der Waals surface area (Å²) in [5.74, 6) is 0.170. The number of carbonyl (C=O) groups excluding carboxylic acids is 2. The van der Waals surface area contributed by atoms with E-state index in [0.717, 1.165) is 30.4 Å². The molecule has 2 aliphatic heterocycles. The second-order valence-corrected chi connectivity index (χ2v) is 8.31. The molecule has 0 aliphatic carbocycles. The molecule has 5 nitrogen and oxygen atoms in total. The molecule has 0 radical (unpaired) electrons. The van der Waals surface area contributed by atoms with Gasteiger partial charge in [0.15, 0.2) is 0 Å². The van der Waals surface area contributed by atoms with Gasteiger partial charge >= 0.3 is 6.09 Å². The van der Waals surface area contributed by atoms with Crippen molar-refractivity contribution in [2.75, 3.05) is 0 Å². The van der Waals surface area contributed by atoms with E-state index in [4.69, 9.17) is 10.00 Å². The Bertz CT molecular complexity index is 936. The van der Waals surface area contributed by atoms with Crippen LogP contribution in [0.15, 0.2) is 54.6 Å². The standard InChI is InChI=1S/C25H26N2O3/c26-16-20-9-4-8-19(12-20)13-24(28)21-14-22-10-5-11-23(15-21)27(22)25(29)30-17-18-6-2-1-3-7-18/h1-4,6-9,12,21-23H,5,10-11,13-15,17H2. The molecule has 2 aromatic rings. The van der Waals surface area contributed by atoms with Crippen LogP contribution < -0.4 is 0 Å². The fourth-order valence-corrected chi connectivity index (χ4v) is 4.83. The highest BCUT2D eigenvalue weighted by molar-refractivity contribution is 5.84. The van der Waals surface area contributed by atoms with Gasteiger partial charge in [0.25, 0.3) is 0 Å². The van der Waals surface area contributed by atoms with Crippen molar-refractivity contribution in [3.8, 4) is 6.07 Å². The molecule has 0 saturated carbocycles. The monoisotopic (exact) mass is 402 g/mol. The average Bonchev–Trinajstić information content (AvgIpc) is 2.77. The van der Waals surface area contributed by atoms with Crippen LogP contribution in [0.25, 0.3) is 0 Å². The number of hydrogen-bond donors (Lipinski definition) is 0. The van der Waals surface area contributed by atoms with Gasteiger partial charge in [-0.25, -0.2) is 4.79 Å². The minimum atomic E-state index is -0.263. The van der Waals surface area contributed by atoms with E-state index in [1.165, 1.54) is 0 Å². The molecule has 2 bridgehead atoms. The highest BCUT2D eigenvalue weighted by atomic mass is 16.6. The quantitative estimate of drug-likeness (QED) is 0.730. The van der Waals surface area contributed by atoms with E-state index in [1.54, 1.807) is 12.1 Å². The van der Waals surface area contributed by atoms with E-state index < -0.39 is 0 Å². The van der Waals surface area contributed by atoms with Crippen LogP contribution in [0.3, 0.4) is 0 Å². The third kappa shape index (κ3) is 4.54. The summed E-state index contributed by atoms with van der Waals surface area (Å²) in [4.78, 5) is 27.7. The number of nitriles is 1. The van der Waals surface area contributed by atoms with Crippen molar-refractivity contribution in [1.82, 2.24) is 4.90 Å². The van der Waals surface area contributed by atoms with Crippen LogP contribution in [0.5, 0.6) is 0 Å². The number of fused-ring (bicyclic) bond motifs is 2. The highest BCUT2D eigenvalue weighted by Crippen LogP contribution is 2.38. The number of carbonyl (C=O) groups is 2. The molecule has 4 rings (SSSR count). The molecule has 0 spiro atoms. The summed E-state index contributed by atoms with van der Waals surface area (Å²) in [5, 5.41) is 9.07. The van der Waals surface area contributed by atoms with Crippen molar-refractivity contribution >= 4 is 11.9 Å². The SMILES string of the molecule is N#Cc1cccc(CC(=O)C2CC3CCCC(C2)N3C(=O)OCc2ccccc2)c1. The molecule has 2 aliphatic rings. The van der Waals surface area contributed by atoms with Gasteiger partial charge in [0.2, 0.25) is 0 Å². The largest absolute Gasteiger partial charge is 0.445 e. The van der Waals surface area contributed by atoms with Crippen LogP contribution >= 0.6 is 0 Å². The van der Waals surface area contributed by atoms with Gasteiger partial charge < -0.3 is 9.64 Å². The number of ether oxygens (including phenoxy) is 1. The maximum absolute atomic E-state index is 13.0. The number of nitrogens with zero attached hydrogens (tertiary/aromatic N) is 2. The van der Waals surface area contributed by atoms with Crippen molar-refractivity contribution in [2.24, 2.45) is 5.92 Å². The summed E-state index contributed by atoms with van der Waals surface area (Å²) in [7, 11) is 0. The Morgan fingerprint density at radius 1 is 1.00 bits per heavy atom. The van der Waals surface area contributed by atoms with Gasteiger partial charge in [-0.05, 0) is 55.4 Å². The molecule has 30 heavy (non-hydrogen) atoms. The number of piperidine rings is 2. The summed E-state index contributed by atoms with van der Waals surface area (Å²) in [6.45, 7) is 0.271. The maximum Gasteiger partial charge on any atom is 0.410 e. The zero-order valence-corrected chi connectivity index (χ0v) is 17.0. The van der Waals surface area contributed by atoms with Crippen LogP contribution in [-0.4, -0.2) is 28.9 Å². The fourth-order valence-electron chi connectivity index (χ4n) is 4.83. The molecule has 5 heteroatoms. The number of benzene rings is 2. The molecule has 2 unspecified atom stereocenters. The number of hydrogen-bond acceptors (Lipinski definition) is 4. The Morgan fingerprint density at radius 3 is 2.40 bits per heavy atom. The Morgan fingerprint density at radius 2 is 1.70 bits per heavy atom. The first-order chi connectivity index (χ1) is 14.6. The van der Waals surface area contributed by atoms with Crippen molar-refractivity contribution in [3.05, 3.63) is 71.3 Å². The van der Waals surface area contributed by atoms with E-state index in [1.807, 2.05) is 47.4 Å². The zero-order chi connectivity index (χ0) is 20.9. The number of rotatable bonds is 5. The first-order valence-corrected chi connectivity index (χ1v) is 10.6. The van der Waals surface area contributed by atoms with Crippen LogP contribution in [0.4, 0.5) is 4.79 Å². The van der Waals surface area contributed by atoms with Gasteiger partial charge in [0.05, 0.1) is 11.6 Å². The molecule has 154 valence electrons. The Balaban J connectivity index is 1.38. The summed E-state index contributed by atoms with van der Waals surface area (Å²) >= 11 is 0. The van der Waals surface area contributed by atoms with Crippen molar-refractivity contribution in [2.45, 2.75) is 57.2 Å². The molecule has 0 N–H and O–H groups in total. The second-order valence-electron chi connectivity index (χ2n) is 8.31. The Labute approximate surface area is 177 Å². The average molecular weight is 402 g/mol. The summed E-state index contributed by atoms with van der Waals surface area (Å²) in [6, 6.07) is 19.2. The van der Waals surface area contributed by atoms with E-state index in [9.17, 15) is 9.59 Å². The molecule has 1 amide bonds. The third-order valence-electron chi connectivity index (χ3n) is 6.28. The first-order valence-electron chi connectivity index (χ1n) is 10.6. The third-order valence-corrected chi connectivity index (χ3v) is 6.28. The lowest BCUT2D eigenvalue weighted by Gasteiger charge is -2.47. The molecule has 2 atom stereocenters. The topological polar surface area (TPSA) is 70.4 Å². The minimum Gasteiger partial charge on any atom is -0.445 e. The van der Waals surface area contributed by atoms with E-state index >= 15 is 0 Å². The van der Waals surface area contributed by atoms with Crippen LogP contribution in [0, 0.1) is 17.2 Å². The van der Waals surface area contributed by atoms with Crippen LogP contribution in [0.2, 0.25) is 0 Å². The molecular weight excluding hydrogens is 376 g/mol. The smallest absolute Gasteiger partial charge is 0.410 e. The normalized spacial score (nSPS) is 22.8. The van der Waals surface area contributed by atoms with Gasteiger partial charge in [-0.2, -0.15) is 5.26 Å². The lowest BCUT2D eigenvalue weighted by atomic mass is 9.76. The molecule has 2 saturated heterocycles. The van der Waals surface area contributed by atoms with Crippen molar-refractivity contribution < 1.29 is 14.3 Å². The first kappa shape index (κ1) is 20.2. The van der Waals surface area contributed by atoms with Gasteiger partial charge in [-0.15, -0.1) is 0 Å². The second kappa shape index (κ2) is 9.13. The summed E-state index contributed by atoms with van der Waals surface area (Å²) in [6.07, 6.45) is 4.42. The van der Waals surface area contributed by atoms with Gasteiger partial charge in [-0.1, -0.05) is 42.5 Å². The molecule has 0 aromatic heterocycles. The molecular formula is C25H26N2O3.